The number of hydrogen-bond donors (Lipinski definition) is 0. The van der Waals surface area contributed by atoms with Crippen LogP contribution in [0.5, 0.6) is 0 Å². The molecular weight excluding hydrogens is 548 g/mol. The van der Waals surface area contributed by atoms with Gasteiger partial charge in [0.1, 0.15) is 0 Å². The zero-order valence-corrected chi connectivity index (χ0v) is 21.8. The van der Waals surface area contributed by atoms with E-state index in [-0.39, 0.29) is 11.7 Å². The van der Waals surface area contributed by atoms with E-state index < -0.39 is 11.0 Å². The van der Waals surface area contributed by atoms with Crippen LogP contribution in [0.4, 0.5) is 11.4 Å². The Kier molecular flexibility index (Phi) is 6.69. The SMILES string of the molecule is CCOC(=O)C1=NN(c2ccccc2Cl)[C@]2(C=CC(c3ccc(Br)cc3)=NN2c2ccccc2)S1. The van der Waals surface area contributed by atoms with Gasteiger partial charge in [-0.25, -0.2) is 14.8 Å². The molecule has 9 heteroatoms. The molecule has 5 rings (SSSR count). The van der Waals surface area contributed by atoms with Crippen LogP contribution >= 0.6 is 39.3 Å². The molecule has 0 saturated carbocycles. The number of carbonyl (C=O) groups excluding carboxylic acids is 1. The first-order valence-corrected chi connectivity index (χ1v) is 12.9. The predicted octanol–water partition coefficient (Wildman–Crippen LogP) is 6.67. The van der Waals surface area contributed by atoms with Gasteiger partial charge in [-0.1, -0.05) is 70.0 Å². The van der Waals surface area contributed by atoms with Crippen molar-refractivity contribution in [1.82, 2.24) is 0 Å². The predicted molar refractivity (Wildman–Crippen MR) is 147 cm³/mol. The fraction of sp³-hybridized carbons (Fsp3) is 0.115. The van der Waals surface area contributed by atoms with Crippen LogP contribution < -0.4 is 10.0 Å². The Morgan fingerprint density at radius 2 is 1.71 bits per heavy atom. The zero-order valence-electron chi connectivity index (χ0n) is 18.6. The normalized spacial score (nSPS) is 19.1. The van der Waals surface area contributed by atoms with Gasteiger partial charge in [-0.15, -0.1) is 0 Å². The Labute approximate surface area is 221 Å². The second kappa shape index (κ2) is 9.89. The third kappa shape index (κ3) is 4.49. The summed E-state index contributed by atoms with van der Waals surface area (Å²) in [6.45, 7) is 2.02. The minimum absolute atomic E-state index is 0.222. The van der Waals surface area contributed by atoms with Gasteiger partial charge in [0, 0.05) is 10.0 Å². The molecule has 2 aliphatic rings. The second-order valence-electron chi connectivity index (χ2n) is 7.62. The van der Waals surface area contributed by atoms with Crippen LogP contribution in [-0.2, 0) is 9.53 Å². The lowest BCUT2D eigenvalue weighted by Crippen LogP contribution is -2.53. The Morgan fingerprint density at radius 3 is 2.43 bits per heavy atom. The average molecular weight is 568 g/mol. The molecule has 0 aromatic heterocycles. The molecule has 3 aromatic rings. The lowest BCUT2D eigenvalue weighted by atomic mass is 10.1. The number of esters is 1. The highest BCUT2D eigenvalue weighted by atomic mass is 79.9. The number of rotatable bonds is 5. The molecule has 176 valence electrons. The van der Waals surface area contributed by atoms with E-state index in [2.05, 4.69) is 21.0 Å². The Balaban J connectivity index is 1.67. The van der Waals surface area contributed by atoms with Crippen molar-refractivity contribution < 1.29 is 9.53 Å². The van der Waals surface area contributed by atoms with Crippen LogP contribution in [0.15, 0.2) is 106 Å². The largest absolute Gasteiger partial charge is 0.461 e. The number of benzene rings is 3. The van der Waals surface area contributed by atoms with Gasteiger partial charge in [0.25, 0.3) is 0 Å². The van der Waals surface area contributed by atoms with Crippen LogP contribution in [0, 0.1) is 0 Å². The van der Waals surface area contributed by atoms with Crippen molar-refractivity contribution in [3.05, 3.63) is 106 Å². The third-order valence-corrected chi connectivity index (χ3v) is 7.45. The highest BCUT2D eigenvalue weighted by Crippen LogP contribution is 2.49. The van der Waals surface area contributed by atoms with Gasteiger partial charge in [-0.05, 0) is 67.2 Å². The Bertz CT molecular complexity index is 1350. The van der Waals surface area contributed by atoms with Crippen molar-refractivity contribution in [2.24, 2.45) is 10.2 Å². The fourth-order valence-electron chi connectivity index (χ4n) is 3.79. The fourth-order valence-corrected chi connectivity index (χ4v) is 5.41. The minimum Gasteiger partial charge on any atom is -0.461 e. The van der Waals surface area contributed by atoms with E-state index in [1.54, 1.807) is 18.0 Å². The number of hydrazone groups is 2. The maximum Gasteiger partial charge on any atom is 0.365 e. The molecule has 0 radical (unpaired) electrons. The summed E-state index contributed by atoms with van der Waals surface area (Å²) in [5, 5.41) is 14.1. The summed E-state index contributed by atoms with van der Waals surface area (Å²) in [6, 6.07) is 25.1. The van der Waals surface area contributed by atoms with Crippen molar-refractivity contribution in [3.63, 3.8) is 0 Å². The molecular formula is C26H20BrClN4O2S. The first-order valence-electron chi connectivity index (χ1n) is 10.9. The highest BCUT2D eigenvalue weighted by Gasteiger charge is 2.52. The molecule has 3 aromatic carbocycles. The van der Waals surface area contributed by atoms with Crippen molar-refractivity contribution >= 4 is 67.4 Å². The van der Waals surface area contributed by atoms with Crippen LogP contribution in [0.2, 0.25) is 5.02 Å². The van der Waals surface area contributed by atoms with E-state index in [0.717, 1.165) is 21.4 Å². The summed E-state index contributed by atoms with van der Waals surface area (Å²) in [6.07, 6.45) is 3.94. The summed E-state index contributed by atoms with van der Waals surface area (Å²) in [5.41, 5.74) is 3.21. The van der Waals surface area contributed by atoms with Crippen molar-refractivity contribution in [1.29, 1.82) is 0 Å². The summed E-state index contributed by atoms with van der Waals surface area (Å²) in [5.74, 6) is -0.490. The quantitative estimate of drug-likeness (QED) is 0.323. The maximum absolute atomic E-state index is 12.8. The molecule has 0 unspecified atom stereocenters. The van der Waals surface area contributed by atoms with Crippen molar-refractivity contribution in [2.75, 3.05) is 16.6 Å². The molecule has 35 heavy (non-hydrogen) atoms. The number of carbonyl (C=O) groups is 1. The van der Waals surface area contributed by atoms with Crippen LogP contribution in [0.25, 0.3) is 0 Å². The number of para-hydroxylation sites is 2. The molecule has 1 atom stereocenters. The van der Waals surface area contributed by atoms with Crippen molar-refractivity contribution in [3.8, 4) is 0 Å². The topological polar surface area (TPSA) is 57.5 Å². The zero-order chi connectivity index (χ0) is 24.4. The number of allylic oxidation sites excluding steroid dienone is 1. The molecule has 0 fully saturated rings. The molecule has 2 aliphatic heterocycles. The molecule has 0 saturated heterocycles. The Hall–Kier alpha value is -3.07. The lowest BCUT2D eigenvalue weighted by molar-refractivity contribution is -0.134. The standard InChI is InChI=1S/C26H20BrClN4O2S/c1-2-34-25(33)24-30-32(23-11-7-6-10-21(23)28)26(35-24)17-16-22(18-12-14-19(27)15-13-18)29-31(26)20-8-4-3-5-9-20/h3-17H,2H2,1H3/t26-/m1/s1. The smallest absolute Gasteiger partial charge is 0.365 e. The number of nitrogens with zero attached hydrogens (tertiary/aromatic N) is 4. The number of ether oxygens (including phenoxy) is 1. The monoisotopic (exact) mass is 566 g/mol. The summed E-state index contributed by atoms with van der Waals surface area (Å²) in [4.78, 5) is 11.8. The lowest BCUT2D eigenvalue weighted by Gasteiger charge is -2.43. The van der Waals surface area contributed by atoms with E-state index >= 15 is 0 Å². The molecule has 0 N–H and O–H groups in total. The molecule has 0 bridgehead atoms. The molecule has 0 aliphatic carbocycles. The van der Waals surface area contributed by atoms with Gasteiger partial charge < -0.3 is 4.74 Å². The first kappa shape index (κ1) is 23.7. The van der Waals surface area contributed by atoms with Gasteiger partial charge in [0.15, 0.2) is 0 Å². The minimum atomic E-state index is -1.02. The van der Waals surface area contributed by atoms with Gasteiger partial charge in [0.05, 0.1) is 28.7 Å². The third-order valence-electron chi connectivity index (χ3n) is 5.38. The van der Waals surface area contributed by atoms with Crippen LogP contribution in [0.3, 0.4) is 0 Å². The number of hydrogen-bond acceptors (Lipinski definition) is 7. The van der Waals surface area contributed by atoms with Gasteiger partial charge in [-0.2, -0.15) is 10.2 Å². The van der Waals surface area contributed by atoms with Gasteiger partial charge >= 0.3 is 5.97 Å². The number of thioether (sulfide) groups is 1. The maximum atomic E-state index is 12.8. The first-order chi connectivity index (χ1) is 17.0. The van der Waals surface area contributed by atoms with E-state index in [1.807, 2.05) is 90.0 Å². The molecule has 1 spiro atoms. The second-order valence-corrected chi connectivity index (χ2v) is 10.1. The van der Waals surface area contributed by atoms with E-state index in [0.29, 0.717) is 10.7 Å². The van der Waals surface area contributed by atoms with Crippen molar-refractivity contribution in [2.45, 2.75) is 11.9 Å². The van der Waals surface area contributed by atoms with Gasteiger partial charge in [-0.3, -0.25) is 0 Å². The van der Waals surface area contributed by atoms with E-state index in [9.17, 15) is 4.79 Å². The van der Waals surface area contributed by atoms with E-state index in [1.165, 1.54) is 11.8 Å². The van der Waals surface area contributed by atoms with Crippen LogP contribution in [-0.4, -0.2) is 28.3 Å². The molecule has 2 heterocycles. The van der Waals surface area contributed by atoms with E-state index in [4.69, 9.17) is 21.4 Å². The summed E-state index contributed by atoms with van der Waals surface area (Å²) >= 11 is 11.4. The van der Waals surface area contributed by atoms with Gasteiger partial charge in [0.2, 0.25) is 10.0 Å². The molecule has 0 amide bonds. The number of halogens is 2. The molecule has 6 nitrogen and oxygen atoms in total. The summed E-state index contributed by atoms with van der Waals surface area (Å²) in [7, 11) is 0. The average Bonchev–Trinajstić information content (AvgIpc) is 3.25. The van der Waals surface area contributed by atoms with Crippen LogP contribution in [0.1, 0.15) is 12.5 Å². The Morgan fingerprint density at radius 1 is 1.00 bits per heavy atom. The summed E-state index contributed by atoms with van der Waals surface area (Å²) < 4.78 is 6.27. The number of anilines is 2. The highest BCUT2D eigenvalue weighted by molar-refractivity contribution is 9.10.